The average molecular weight is 457 g/mol. The van der Waals surface area contributed by atoms with Crippen LogP contribution >= 0.6 is 0 Å². The number of rotatable bonds is 12. The van der Waals surface area contributed by atoms with E-state index in [1.807, 2.05) is 13.0 Å². The molecule has 0 aromatic heterocycles. The first-order valence-electron chi connectivity index (χ1n) is 11.2. The molecule has 0 rings (SSSR count). The largest absolute Gasteiger partial charge is 0.463 e. The van der Waals surface area contributed by atoms with Gasteiger partial charge in [0.2, 0.25) is 0 Å². The maximum Gasteiger partial charge on any atom is 0.308 e. The zero-order chi connectivity index (χ0) is 24.0. The smallest absolute Gasteiger partial charge is 0.308 e. The Balaban J connectivity index is 4.69. The molecule has 0 heterocycles. The predicted molar refractivity (Wildman–Crippen MR) is 134 cm³/mol. The van der Waals surface area contributed by atoms with Gasteiger partial charge in [-0.3, -0.25) is 4.79 Å². The molecule has 0 fully saturated rings. The van der Waals surface area contributed by atoms with Gasteiger partial charge in [0.25, 0.3) is 0 Å². The summed E-state index contributed by atoms with van der Waals surface area (Å²) < 4.78 is 18.4. The Morgan fingerprint density at radius 3 is 1.60 bits per heavy atom. The molecule has 0 amide bonds. The fraction of sp³-hybridized carbons (Fsp3) is 0.792. The first-order valence-corrected chi connectivity index (χ1v) is 17.0. The van der Waals surface area contributed by atoms with E-state index in [-0.39, 0.29) is 40.8 Å². The molecule has 0 saturated heterocycles. The van der Waals surface area contributed by atoms with Crippen molar-refractivity contribution in [2.45, 2.75) is 122 Å². The van der Waals surface area contributed by atoms with E-state index in [0.29, 0.717) is 0 Å². The van der Waals surface area contributed by atoms with E-state index in [0.717, 1.165) is 12.8 Å². The number of esters is 1. The summed E-state index contributed by atoms with van der Waals surface area (Å²) in [6, 6.07) is 0. The Bertz CT molecular complexity index is 571. The number of hydrogen-bond donors (Lipinski definition) is 0. The van der Waals surface area contributed by atoms with Gasteiger partial charge in [-0.1, -0.05) is 53.7 Å². The summed E-state index contributed by atoms with van der Waals surface area (Å²) in [5, 5.41) is 0.228. The highest BCUT2D eigenvalue weighted by molar-refractivity contribution is 6.74. The van der Waals surface area contributed by atoms with Crippen LogP contribution in [0.2, 0.25) is 36.3 Å². The van der Waals surface area contributed by atoms with E-state index in [2.05, 4.69) is 80.9 Å². The van der Waals surface area contributed by atoms with Crippen molar-refractivity contribution >= 4 is 22.6 Å². The van der Waals surface area contributed by atoms with Gasteiger partial charge in [0.1, 0.15) is 0 Å². The number of ether oxygens (including phenoxy) is 1. The molecule has 4 nitrogen and oxygen atoms in total. The summed E-state index contributed by atoms with van der Waals surface area (Å²) in [6.45, 7) is 31.8. The molecule has 30 heavy (non-hydrogen) atoms. The van der Waals surface area contributed by atoms with Crippen molar-refractivity contribution in [1.82, 2.24) is 0 Å². The summed E-state index contributed by atoms with van der Waals surface area (Å²) >= 11 is 0. The van der Waals surface area contributed by atoms with E-state index < -0.39 is 16.6 Å². The quantitative estimate of drug-likeness (QED) is 0.176. The van der Waals surface area contributed by atoms with Gasteiger partial charge >= 0.3 is 5.97 Å². The molecule has 0 aromatic rings. The van der Waals surface area contributed by atoms with E-state index in [4.69, 9.17) is 13.6 Å². The van der Waals surface area contributed by atoms with Gasteiger partial charge in [0, 0.05) is 0 Å². The second-order valence-corrected chi connectivity index (χ2v) is 20.9. The van der Waals surface area contributed by atoms with Gasteiger partial charge in [0.05, 0.1) is 24.7 Å². The Morgan fingerprint density at radius 2 is 1.23 bits per heavy atom. The molecule has 0 aliphatic heterocycles. The first kappa shape index (κ1) is 29.3. The molecule has 3 atom stereocenters. The minimum absolute atomic E-state index is 0.0186. The molecule has 6 heteroatoms. The highest BCUT2D eigenvalue weighted by atomic mass is 28.4. The summed E-state index contributed by atoms with van der Waals surface area (Å²) in [5.74, 6) is -0.244. The Kier molecular flexibility index (Phi) is 11.0. The third kappa shape index (κ3) is 9.62. The van der Waals surface area contributed by atoms with E-state index in [1.165, 1.54) is 0 Å². The van der Waals surface area contributed by atoms with Crippen LogP contribution in [0.4, 0.5) is 0 Å². The maximum atomic E-state index is 12.5. The lowest BCUT2D eigenvalue weighted by Gasteiger charge is -2.39. The molecule has 0 aliphatic rings. The average Bonchev–Trinajstić information content (AvgIpc) is 2.55. The van der Waals surface area contributed by atoms with Gasteiger partial charge < -0.3 is 13.6 Å². The second-order valence-electron chi connectivity index (χ2n) is 11.4. The first-order chi connectivity index (χ1) is 13.4. The zero-order valence-corrected chi connectivity index (χ0v) is 23.6. The van der Waals surface area contributed by atoms with Crippen LogP contribution in [0.1, 0.15) is 67.7 Å². The molecule has 0 unspecified atom stereocenters. The Hall–Kier alpha value is -0.696. The van der Waals surface area contributed by atoms with Crippen molar-refractivity contribution in [2.24, 2.45) is 0 Å². The third-order valence-corrected chi connectivity index (χ3v) is 15.6. The monoisotopic (exact) mass is 456 g/mol. The van der Waals surface area contributed by atoms with E-state index in [1.54, 1.807) is 6.08 Å². The third-order valence-electron chi connectivity index (χ3n) is 6.59. The van der Waals surface area contributed by atoms with Crippen molar-refractivity contribution < 1.29 is 18.4 Å². The molecule has 0 N–H and O–H groups in total. The van der Waals surface area contributed by atoms with Crippen LogP contribution in [0.15, 0.2) is 25.3 Å². The summed E-state index contributed by atoms with van der Waals surface area (Å²) in [6.07, 6.45) is 4.80. The van der Waals surface area contributed by atoms with Crippen molar-refractivity contribution in [3.63, 3.8) is 0 Å². The summed E-state index contributed by atoms with van der Waals surface area (Å²) in [7, 11) is -3.83. The van der Waals surface area contributed by atoms with Crippen molar-refractivity contribution in [3.8, 4) is 0 Å². The Labute approximate surface area is 188 Å². The van der Waals surface area contributed by atoms with Crippen LogP contribution in [0.25, 0.3) is 0 Å². The van der Waals surface area contributed by atoms with Crippen LogP contribution < -0.4 is 0 Å². The van der Waals surface area contributed by atoms with E-state index >= 15 is 0 Å². The standard InChI is InChI=1S/C24H48O4Si2/c1-14-20(27-29(10,11)23(4,5)6)17-16-19(3)26-22(25)18-21(15-2)28-30(12,13)24(7,8)9/h14-15,19-21H,1-2,16-18H2,3-13H3/t19-,20+,21-/m1/s1. The highest BCUT2D eigenvalue weighted by Crippen LogP contribution is 2.38. The van der Waals surface area contributed by atoms with Crippen LogP contribution in [0.5, 0.6) is 0 Å². The molecule has 0 aliphatic carbocycles. The molecule has 0 saturated carbocycles. The van der Waals surface area contributed by atoms with Crippen molar-refractivity contribution in [3.05, 3.63) is 25.3 Å². The summed E-state index contributed by atoms with van der Waals surface area (Å²) in [5.41, 5.74) is 0. The lowest BCUT2D eigenvalue weighted by atomic mass is 10.1. The molecular weight excluding hydrogens is 408 g/mol. The molecular formula is C24H48O4Si2. The SMILES string of the molecule is C=C[C@H](CC(=O)O[C@H](C)CC[C@H](C=C)O[Si](C)(C)C(C)(C)C)O[Si](C)(C)C(C)(C)C. The number of hydrogen-bond acceptors (Lipinski definition) is 4. The molecule has 0 aromatic carbocycles. The van der Waals surface area contributed by atoms with Gasteiger partial charge in [-0.25, -0.2) is 0 Å². The second kappa shape index (κ2) is 11.3. The normalized spacial score (nSPS) is 16.5. The van der Waals surface area contributed by atoms with Crippen LogP contribution in [0, 0.1) is 0 Å². The maximum absolute atomic E-state index is 12.5. The number of carbonyl (C=O) groups is 1. The van der Waals surface area contributed by atoms with Crippen molar-refractivity contribution in [2.75, 3.05) is 0 Å². The zero-order valence-electron chi connectivity index (χ0n) is 21.6. The van der Waals surface area contributed by atoms with Gasteiger partial charge in [0.15, 0.2) is 16.6 Å². The minimum Gasteiger partial charge on any atom is -0.463 e. The minimum atomic E-state index is -1.97. The van der Waals surface area contributed by atoms with Crippen LogP contribution in [-0.2, 0) is 18.4 Å². The topological polar surface area (TPSA) is 44.8 Å². The molecule has 0 spiro atoms. The summed E-state index contributed by atoms with van der Waals surface area (Å²) in [4.78, 5) is 12.5. The van der Waals surface area contributed by atoms with Gasteiger partial charge in [-0.05, 0) is 56.0 Å². The highest BCUT2D eigenvalue weighted by Gasteiger charge is 2.40. The molecule has 0 radical (unpaired) electrons. The fourth-order valence-corrected chi connectivity index (χ4v) is 5.02. The lowest BCUT2D eigenvalue weighted by molar-refractivity contribution is -0.150. The van der Waals surface area contributed by atoms with Gasteiger partial charge in [-0.15, -0.1) is 13.2 Å². The van der Waals surface area contributed by atoms with Crippen molar-refractivity contribution in [1.29, 1.82) is 0 Å². The predicted octanol–water partition coefficient (Wildman–Crippen LogP) is 7.24. The molecule has 0 bridgehead atoms. The Morgan fingerprint density at radius 1 is 0.833 bits per heavy atom. The number of carbonyl (C=O) groups excluding carboxylic acids is 1. The fourth-order valence-electron chi connectivity index (χ4n) is 2.40. The molecule has 176 valence electrons. The van der Waals surface area contributed by atoms with Crippen LogP contribution in [-0.4, -0.2) is 40.9 Å². The van der Waals surface area contributed by atoms with E-state index in [9.17, 15) is 4.79 Å². The van der Waals surface area contributed by atoms with Crippen LogP contribution in [0.3, 0.4) is 0 Å². The van der Waals surface area contributed by atoms with Gasteiger partial charge in [-0.2, -0.15) is 0 Å². The lowest BCUT2D eigenvalue weighted by Crippen LogP contribution is -2.44.